The second-order valence-electron chi connectivity index (χ2n) is 3.16. The fourth-order valence-electron chi connectivity index (χ4n) is 1.38. The third kappa shape index (κ3) is 2.57. The fraction of sp³-hybridized carbons (Fsp3) is 0.750. The van der Waals surface area contributed by atoms with Crippen molar-refractivity contribution in [2.45, 2.75) is 25.0 Å². The van der Waals surface area contributed by atoms with Gasteiger partial charge in [-0.25, -0.2) is 4.98 Å². The van der Waals surface area contributed by atoms with Crippen molar-refractivity contribution in [3.05, 3.63) is 5.82 Å². The highest BCUT2D eigenvalue weighted by atomic mass is 32.2. The van der Waals surface area contributed by atoms with Gasteiger partial charge in [-0.1, -0.05) is 0 Å². The van der Waals surface area contributed by atoms with Crippen LogP contribution in [0.15, 0.2) is 0 Å². The molecule has 3 nitrogen and oxygen atoms in total. The first-order valence-corrected chi connectivity index (χ1v) is 6.32. The maximum atomic E-state index is 4.26. The predicted octanol–water partition coefficient (Wildman–Crippen LogP) is 2.15. The Kier molecular flexibility index (Phi) is 3.05. The summed E-state index contributed by atoms with van der Waals surface area (Å²) in [6.07, 6.45) is 2.71. The smallest absolute Gasteiger partial charge is 0.202 e. The number of aromatic nitrogens is 2. The minimum absolute atomic E-state index is 0.782. The molecule has 0 aromatic carbocycles. The van der Waals surface area contributed by atoms with Gasteiger partial charge in [-0.2, -0.15) is 16.1 Å². The highest BCUT2D eigenvalue weighted by Crippen LogP contribution is 2.26. The summed E-state index contributed by atoms with van der Waals surface area (Å²) in [7, 11) is 0. The molecule has 0 aliphatic carbocycles. The molecule has 2 rings (SSSR count). The zero-order valence-corrected chi connectivity index (χ0v) is 9.25. The molecule has 5 heteroatoms. The average molecular weight is 215 g/mol. The Morgan fingerprint density at radius 2 is 2.54 bits per heavy atom. The zero-order valence-electron chi connectivity index (χ0n) is 7.62. The van der Waals surface area contributed by atoms with Gasteiger partial charge in [0.2, 0.25) is 5.13 Å². The highest BCUT2D eigenvalue weighted by Gasteiger charge is 2.15. The van der Waals surface area contributed by atoms with Gasteiger partial charge in [0, 0.05) is 23.3 Å². The number of aryl methyl sites for hydroxylation is 1. The molecule has 1 N–H and O–H groups in total. The van der Waals surface area contributed by atoms with Crippen LogP contribution in [0.2, 0.25) is 0 Å². The Morgan fingerprint density at radius 3 is 3.15 bits per heavy atom. The van der Waals surface area contributed by atoms with Crippen LogP contribution in [0.4, 0.5) is 5.13 Å². The molecular weight excluding hydrogens is 202 g/mol. The Bertz CT molecular complexity index is 268. The molecule has 0 spiro atoms. The average Bonchev–Trinajstić information content (AvgIpc) is 2.71. The van der Waals surface area contributed by atoms with Crippen molar-refractivity contribution in [1.29, 1.82) is 0 Å². The van der Waals surface area contributed by atoms with E-state index >= 15 is 0 Å². The summed E-state index contributed by atoms with van der Waals surface area (Å²) < 4.78 is 4.12. The summed E-state index contributed by atoms with van der Waals surface area (Å²) in [5.41, 5.74) is 0. The van der Waals surface area contributed by atoms with Crippen LogP contribution >= 0.6 is 23.3 Å². The molecule has 13 heavy (non-hydrogen) atoms. The normalized spacial score (nSPS) is 22.1. The van der Waals surface area contributed by atoms with E-state index in [9.17, 15) is 0 Å². The number of rotatable bonds is 3. The van der Waals surface area contributed by atoms with Gasteiger partial charge in [0.1, 0.15) is 5.82 Å². The molecular formula is C8H13N3S2. The first kappa shape index (κ1) is 9.27. The van der Waals surface area contributed by atoms with E-state index in [1.54, 1.807) is 0 Å². The molecule has 72 valence electrons. The van der Waals surface area contributed by atoms with E-state index < -0.39 is 0 Å². The van der Waals surface area contributed by atoms with Crippen molar-refractivity contribution in [1.82, 2.24) is 9.36 Å². The van der Waals surface area contributed by atoms with Crippen LogP contribution < -0.4 is 5.32 Å². The third-order valence-corrected chi connectivity index (χ3v) is 4.19. The molecule has 1 atom stereocenters. The maximum Gasteiger partial charge on any atom is 0.202 e. The quantitative estimate of drug-likeness (QED) is 0.838. The summed E-state index contributed by atoms with van der Waals surface area (Å²) in [5.74, 6) is 2.19. The second-order valence-corrected chi connectivity index (χ2v) is 5.32. The number of thioether (sulfide) groups is 1. The Hall–Kier alpha value is -0.290. The van der Waals surface area contributed by atoms with Crippen LogP contribution in [0, 0.1) is 6.92 Å². The maximum absolute atomic E-state index is 4.26. The number of nitrogens with zero attached hydrogens (tertiary/aromatic N) is 2. The van der Waals surface area contributed by atoms with Crippen molar-refractivity contribution in [2.24, 2.45) is 0 Å². The first-order chi connectivity index (χ1) is 6.34. The lowest BCUT2D eigenvalue weighted by Crippen LogP contribution is -2.13. The number of nitrogens with one attached hydrogen (secondary N) is 1. The van der Waals surface area contributed by atoms with E-state index in [0.717, 1.165) is 22.8 Å². The van der Waals surface area contributed by atoms with E-state index in [2.05, 4.69) is 26.4 Å². The lowest BCUT2D eigenvalue weighted by molar-refractivity contribution is 0.805. The molecule has 1 aromatic rings. The third-order valence-electron chi connectivity index (χ3n) is 2.03. The van der Waals surface area contributed by atoms with Crippen LogP contribution in [0.3, 0.4) is 0 Å². The van der Waals surface area contributed by atoms with Gasteiger partial charge < -0.3 is 5.32 Å². The first-order valence-electron chi connectivity index (χ1n) is 4.50. The highest BCUT2D eigenvalue weighted by molar-refractivity contribution is 8.00. The Balaban J connectivity index is 1.78. The standard InChI is InChI=1S/C8H13N3S2/c1-6-10-8(13-11-6)9-5-7-3-2-4-12-7/h7H,2-5H2,1H3,(H,9,10,11). The molecule has 1 aromatic heterocycles. The van der Waals surface area contributed by atoms with Crippen LogP contribution in [0.25, 0.3) is 0 Å². The summed E-state index contributed by atoms with van der Waals surface area (Å²) in [4.78, 5) is 4.26. The van der Waals surface area contributed by atoms with Gasteiger partial charge in [0.25, 0.3) is 0 Å². The van der Waals surface area contributed by atoms with Crippen LogP contribution in [0.1, 0.15) is 18.7 Å². The number of hydrogen-bond donors (Lipinski definition) is 1. The van der Waals surface area contributed by atoms with Crippen molar-refractivity contribution in [3.63, 3.8) is 0 Å². The minimum atomic E-state index is 0.782. The topological polar surface area (TPSA) is 37.8 Å². The summed E-state index contributed by atoms with van der Waals surface area (Å²) in [5, 5.41) is 5.08. The van der Waals surface area contributed by atoms with Crippen LogP contribution in [-0.4, -0.2) is 26.9 Å². The van der Waals surface area contributed by atoms with E-state index in [-0.39, 0.29) is 0 Å². The summed E-state index contributed by atoms with van der Waals surface area (Å²) in [6.45, 7) is 2.96. The van der Waals surface area contributed by atoms with E-state index in [1.807, 2.05) is 6.92 Å². The van der Waals surface area contributed by atoms with Gasteiger partial charge >= 0.3 is 0 Å². The Morgan fingerprint density at radius 1 is 1.62 bits per heavy atom. The van der Waals surface area contributed by atoms with Crippen LogP contribution in [0.5, 0.6) is 0 Å². The number of anilines is 1. The van der Waals surface area contributed by atoms with E-state index in [4.69, 9.17) is 0 Å². The summed E-state index contributed by atoms with van der Waals surface area (Å²) in [6, 6.07) is 0. The minimum Gasteiger partial charge on any atom is -0.359 e. The van der Waals surface area contributed by atoms with E-state index in [0.29, 0.717) is 0 Å². The molecule has 1 unspecified atom stereocenters. The number of hydrogen-bond acceptors (Lipinski definition) is 5. The molecule has 0 saturated carbocycles. The molecule has 1 saturated heterocycles. The largest absolute Gasteiger partial charge is 0.359 e. The lowest BCUT2D eigenvalue weighted by atomic mass is 10.2. The molecule has 0 amide bonds. The predicted molar refractivity (Wildman–Crippen MR) is 58.6 cm³/mol. The summed E-state index contributed by atoms with van der Waals surface area (Å²) >= 11 is 3.51. The second kappa shape index (κ2) is 4.28. The van der Waals surface area contributed by atoms with E-state index in [1.165, 1.54) is 30.1 Å². The molecule has 2 heterocycles. The SMILES string of the molecule is Cc1nsc(NCC2CCCS2)n1. The van der Waals surface area contributed by atoms with Crippen LogP contribution in [-0.2, 0) is 0 Å². The van der Waals surface area contributed by atoms with Gasteiger partial charge in [-0.3, -0.25) is 0 Å². The monoisotopic (exact) mass is 215 g/mol. The van der Waals surface area contributed by atoms with Gasteiger partial charge in [-0.15, -0.1) is 0 Å². The molecule has 1 fully saturated rings. The molecule has 1 aliphatic heterocycles. The fourth-order valence-corrected chi connectivity index (χ4v) is 3.16. The van der Waals surface area contributed by atoms with Crippen molar-refractivity contribution in [2.75, 3.05) is 17.6 Å². The van der Waals surface area contributed by atoms with Crippen molar-refractivity contribution in [3.8, 4) is 0 Å². The molecule has 1 aliphatic rings. The Labute approximate surface area is 86.5 Å². The lowest BCUT2D eigenvalue weighted by Gasteiger charge is -2.07. The molecule has 0 radical (unpaired) electrons. The van der Waals surface area contributed by atoms with Crippen molar-refractivity contribution >= 4 is 28.4 Å². The molecule has 0 bridgehead atoms. The van der Waals surface area contributed by atoms with Gasteiger partial charge in [-0.05, 0) is 25.5 Å². The van der Waals surface area contributed by atoms with Crippen molar-refractivity contribution < 1.29 is 0 Å². The van der Waals surface area contributed by atoms with Gasteiger partial charge in [0.15, 0.2) is 0 Å². The van der Waals surface area contributed by atoms with Gasteiger partial charge in [0.05, 0.1) is 0 Å². The zero-order chi connectivity index (χ0) is 9.10.